The van der Waals surface area contributed by atoms with E-state index in [0.29, 0.717) is 17.8 Å². The highest BCUT2D eigenvalue weighted by molar-refractivity contribution is 5.73. The van der Waals surface area contributed by atoms with Gasteiger partial charge in [-0.25, -0.2) is 0 Å². The monoisotopic (exact) mass is 333 g/mol. The number of rotatable bonds is 3. The van der Waals surface area contributed by atoms with E-state index in [0.717, 1.165) is 43.5 Å². The van der Waals surface area contributed by atoms with Crippen molar-refractivity contribution in [1.82, 2.24) is 25.9 Å². The predicted octanol–water partition coefficient (Wildman–Crippen LogP) is 1.95. The van der Waals surface area contributed by atoms with E-state index < -0.39 is 5.97 Å². The maximum atomic E-state index is 11.3. The summed E-state index contributed by atoms with van der Waals surface area (Å²) in [6, 6.07) is -0.334. The summed E-state index contributed by atoms with van der Waals surface area (Å²) >= 11 is 0. The first-order valence-electron chi connectivity index (χ1n) is 9.40. The van der Waals surface area contributed by atoms with E-state index in [1.54, 1.807) is 0 Å². The SMILES string of the molecule is O=C(O)[C@@H]1C[C@H]2C[C@@H](C3CCC(c4nn[nH]n4)CC3)CC[C@H]2CN1. The van der Waals surface area contributed by atoms with Gasteiger partial charge in [-0.1, -0.05) is 5.21 Å². The van der Waals surface area contributed by atoms with Crippen LogP contribution >= 0.6 is 0 Å². The number of aromatic amines is 1. The Labute approximate surface area is 142 Å². The smallest absolute Gasteiger partial charge is 0.320 e. The zero-order valence-corrected chi connectivity index (χ0v) is 14.0. The second kappa shape index (κ2) is 6.78. The Kier molecular flexibility index (Phi) is 4.52. The molecule has 7 heteroatoms. The largest absolute Gasteiger partial charge is 0.480 e. The fourth-order valence-corrected chi connectivity index (χ4v) is 5.41. The number of tetrazole rings is 1. The van der Waals surface area contributed by atoms with Gasteiger partial charge in [0.05, 0.1) is 0 Å². The van der Waals surface area contributed by atoms with Crippen molar-refractivity contribution in [3.05, 3.63) is 5.82 Å². The highest BCUT2D eigenvalue weighted by Gasteiger charge is 2.40. The normalized spacial score (nSPS) is 40.0. The van der Waals surface area contributed by atoms with Crippen molar-refractivity contribution >= 4 is 5.97 Å². The molecule has 2 heterocycles. The number of aromatic nitrogens is 4. The minimum absolute atomic E-state index is 0.334. The Morgan fingerprint density at radius 3 is 2.42 bits per heavy atom. The molecule has 0 bridgehead atoms. The first-order chi connectivity index (χ1) is 11.7. The molecule has 3 fully saturated rings. The molecule has 0 aromatic carbocycles. The third-order valence-electron chi connectivity index (χ3n) is 6.81. The van der Waals surface area contributed by atoms with Crippen molar-refractivity contribution in [3.8, 4) is 0 Å². The highest BCUT2D eigenvalue weighted by atomic mass is 16.4. The molecule has 4 atom stereocenters. The fraction of sp³-hybridized carbons (Fsp3) is 0.882. The molecule has 24 heavy (non-hydrogen) atoms. The second-order valence-corrected chi connectivity index (χ2v) is 8.01. The van der Waals surface area contributed by atoms with E-state index in [1.807, 2.05) is 0 Å². The van der Waals surface area contributed by atoms with Crippen molar-refractivity contribution < 1.29 is 9.90 Å². The first kappa shape index (κ1) is 16.0. The zero-order chi connectivity index (χ0) is 16.5. The van der Waals surface area contributed by atoms with Crippen molar-refractivity contribution in [2.24, 2.45) is 23.7 Å². The minimum atomic E-state index is -0.684. The van der Waals surface area contributed by atoms with Crippen LogP contribution in [0.1, 0.15) is 63.1 Å². The molecule has 0 amide bonds. The fourth-order valence-electron chi connectivity index (χ4n) is 5.41. The average molecular weight is 333 g/mol. The Bertz CT molecular complexity index is 555. The number of aliphatic carboxylic acids is 1. The van der Waals surface area contributed by atoms with Crippen LogP contribution in [0, 0.1) is 23.7 Å². The molecule has 4 rings (SSSR count). The summed E-state index contributed by atoms with van der Waals surface area (Å²) in [6.45, 7) is 0.888. The standard InChI is InChI=1S/C17H27N5O2/c23-17(24)15-8-14-7-12(5-6-13(14)9-18-15)10-1-3-11(4-2-10)16-19-21-22-20-16/h10-15,18H,1-9H2,(H,23,24)(H,19,20,21,22)/t10?,11?,12-,13-,14+,15-/m0/s1. The number of fused-ring (bicyclic) bond motifs is 1. The van der Waals surface area contributed by atoms with Gasteiger partial charge in [-0.05, 0) is 81.6 Å². The molecule has 2 aliphatic carbocycles. The molecule has 1 aliphatic heterocycles. The van der Waals surface area contributed by atoms with Crippen LogP contribution in [0.3, 0.4) is 0 Å². The number of carboxylic acids is 1. The third-order valence-corrected chi connectivity index (χ3v) is 6.81. The van der Waals surface area contributed by atoms with Gasteiger partial charge in [0.15, 0.2) is 5.82 Å². The molecular weight excluding hydrogens is 306 g/mol. The number of H-pyrrole nitrogens is 1. The summed E-state index contributed by atoms with van der Waals surface area (Å²) in [5.74, 6) is 3.52. The van der Waals surface area contributed by atoms with Gasteiger partial charge in [0, 0.05) is 5.92 Å². The quantitative estimate of drug-likeness (QED) is 0.781. The van der Waals surface area contributed by atoms with E-state index in [-0.39, 0.29) is 6.04 Å². The predicted molar refractivity (Wildman–Crippen MR) is 87.2 cm³/mol. The molecule has 3 aliphatic rings. The van der Waals surface area contributed by atoms with Gasteiger partial charge in [0.25, 0.3) is 0 Å². The second-order valence-electron chi connectivity index (χ2n) is 8.01. The summed E-state index contributed by atoms with van der Waals surface area (Å²) in [5.41, 5.74) is 0. The maximum Gasteiger partial charge on any atom is 0.320 e. The molecule has 0 radical (unpaired) electrons. The van der Waals surface area contributed by atoms with E-state index in [9.17, 15) is 9.90 Å². The molecule has 132 valence electrons. The van der Waals surface area contributed by atoms with Gasteiger partial charge in [-0.2, -0.15) is 5.21 Å². The van der Waals surface area contributed by atoms with Crippen molar-refractivity contribution in [3.63, 3.8) is 0 Å². The molecule has 0 spiro atoms. The Morgan fingerprint density at radius 1 is 0.958 bits per heavy atom. The first-order valence-corrected chi connectivity index (χ1v) is 9.40. The minimum Gasteiger partial charge on any atom is -0.480 e. The van der Waals surface area contributed by atoms with Gasteiger partial charge < -0.3 is 10.4 Å². The van der Waals surface area contributed by atoms with Gasteiger partial charge in [-0.15, -0.1) is 10.2 Å². The number of nitrogens with zero attached hydrogens (tertiary/aromatic N) is 3. The molecule has 3 N–H and O–H groups in total. The van der Waals surface area contributed by atoms with E-state index >= 15 is 0 Å². The lowest BCUT2D eigenvalue weighted by Crippen LogP contribution is -2.50. The maximum absolute atomic E-state index is 11.3. The van der Waals surface area contributed by atoms with E-state index in [4.69, 9.17) is 0 Å². The lowest BCUT2D eigenvalue weighted by atomic mass is 9.63. The Morgan fingerprint density at radius 2 is 1.71 bits per heavy atom. The van der Waals surface area contributed by atoms with Gasteiger partial charge in [-0.3, -0.25) is 4.79 Å². The number of hydrogen-bond acceptors (Lipinski definition) is 5. The zero-order valence-electron chi connectivity index (χ0n) is 14.0. The average Bonchev–Trinajstić information content (AvgIpc) is 3.15. The van der Waals surface area contributed by atoms with E-state index in [2.05, 4.69) is 25.9 Å². The van der Waals surface area contributed by atoms with Gasteiger partial charge in [0.2, 0.25) is 0 Å². The number of piperidine rings is 1. The number of carboxylic acid groups (broad SMARTS) is 1. The van der Waals surface area contributed by atoms with Gasteiger partial charge >= 0.3 is 5.97 Å². The number of carbonyl (C=O) groups is 1. The van der Waals surface area contributed by atoms with Crippen LogP contribution in [0.25, 0.3) is 0 Å². The van der Waals surface area contributed by atoms with Gasteiger partial charge in [0.1, 0.15) is 6.04 Å². The molecule has 2 saturated carbocycles. The molecule has 0 unspecified atom stereocenters. The van der Waals surface area contributed by atoms with Crippen LogP contribution in [-0.2, 0) is 4.79 Å². The van der Waals surface area contributed by atoms with Crippen LogP contribution in [0.15, 0.2) is 0 Å². The van der Waals surface area contributed by atoms with Crippen LogP contribution in [0.2, 0.25) is 0 Å². The summed E-state index contributed by atoms with van der Waals surface area (Å²) in [6.07, 6.45) is 9.45. The third kappa shape index (κ3) is 3.18. The Balaban J connectivity index is 1.32. The van der Waals surface area contributed by atoms with Crippen LogP contribution in [-0.4, -0.2) is 44.3 Å². The van der Waals surface area contributed by atoms with Crippen molar-refractivity contribution in [2.75, 3.05) is 6.54 Å². The van der Waals surface area contributed by atoms with Crippen molar-refractivity contribution in [2.45, 2.75) is 63.3 Å². The number of hydrogen-bond donors (Lipinski definition) is 3. The number of nitrogens with one attached hydrogen (secondary N) is 2. The molecular formula is C17H27N5O2. The lowest BCUT2D eigenvalue weighted by Gasteiger charge is -2.44. The highest BCUT2D eigenvalue weighted by Crippen LogP contribution is 2.46. The Hall–Kier alpha value is -1.50. The summed E-state index contributed by atoms with van der Waals surface area (Å²) in [4.78, 5) is 11.3. The molecule has 1 saturated heterocycles. The summed E-state index contributed by atoms with van der Waals surface area (Å²) in [5, 5.41) is 27.0. The van der Waals surface area contributed by atoms with Crippen LogP contribution in [0.5, 0.6) is 0 Å². The summed E-state index contributed by atoms with van der Waals surface area (Å²) in [7, 11) is 0. The van der Waals surface area contributed by atoms with Crippen LogP contribution < -0.4 is 5.32 Å². The topological polar surface area (TPSA) is 104 Å². The molecule has 7 nitrogen and oxygen atoms in total. The molecule has 1 aromatic rings. The van der Waals surface area contributed by atoms with Crippen LogP contribution in [0.4, 0.5) is 0 Å². The summed E-state index contributed by atoms with van der Waals surface area (Å²) < 4.78 is 0. The van der Waals surface area contributed by atoms with E-state index in [1.165, 1.54) is 32.1 Å². The lowest BCUT2D eigenvalue weighted by molar-refractivity contribution is -0.141. The molecule has 1 aromatic heterocycles. The van der Waals surface area contributed by atoms with Crippen molar-refractivity contribution in [1.29, 1.82) is 0 Å².